The molecule has 0 radical (unpaired) electrons. The monoisotopic (exact) mass is 204 g/mol. The minimum atomic E-state index is 0.0968. The van der Waals surface area contributed by atoms with Crippen LogP contribution in [0.2, 0.25) is 0 Å². The van der Waals surface area contributed by atoms with E-state index in [2.05, 4.69) is 16.0 Å². The lowest BCUT2D eigenvalue weighted by Crippen LogP contribution is -2.31. The van der Waals surface area contributed by atoms with Gasteiger partial charge in [0.15, 0.2) is 0 Å². The molecule has 0 fully saturated rings. The minimum Gasteiger partial charge on any atom is -0.329 e. The fourth-order valence-corrected chi connectivity index (χ4v) is 1.48. The topological polar surface area (TPSA) is 65.9 Å². The largest absolute Gasteiger partial charge is 0.329 e. The third kappa shape index (κ3) is 3.31. The van der Waals surface area contributed by atoms with Crippen molar-refractivity contribution in [3.63, 3.8) is 0 Å². The first kappa shape index (κ1) is 11.6. The second-order valence-corrected chi connectivity index (χ2v) is 3.39. The van der Waals surface area contributed by atoms with E-state index in [1.54, 1.807) is 6.20 Å². The Morgan fingerprint density at radius 3 is 2.93 bits per heavy atom. The normalized spacial score (nSPS) is 12.4. The Kier molecular flexibility index (Phi) is 4.75. The molecule has 0 saturated carbocycles. The maximum Gasteiger partial charge on any atom is 0.0642 e. The predicted octanol–water partition coefficient (Wildman–Crippen LogP) is 0.927. The quantitative estimate of drug-likeness (QED) is 0.774. The Morgan fingerprint density at radius 2 is 2.40 bits per heavy atom. The molecular formula is C11H16N4. The van der Waals surface area contributed by atoms with Gasteiger partial charge in [-0.15, -0.1) is 0 Å². The molecule has 0 aliphatic rings. The molecule has 1 heterocycles. The van der Waals surface area contributed by atoms with Crippen LogP contribution < -0.4 is 5.73 Å². The number of nitriles is 1. The average molecular weight is 204 g/mol. The molecule has 0 aliphatic carbocycles. The Hall–Kier alpha value is -1.44. The molecule has 4 nitrogen and oxygen atoms in total. The molecule has 1 unspecified atom stereocenters. The lowest BCUT2D eigenvalue weighted by atomic mass is 10.1. The highest BCUT2D eigenvalue weighted by Gasteiger charge is 2.15. The van der Waals surface area contributed by atoms with Crippen LogP contribution in [0.3, 0.4) is 0 Å². The molecule has 0 saturated heterocycles. The summed E-state index contributed by atoms with van der Waals surface area (Å²) >= 11 is 0. The van der Waals surface area contributed by atoms with E-state index in [4.69, 9.17) is 11.0 Å². The first-order valence-corrected chi connectivity index (χ1v) is 4.97. The lowest BCUT2D eigenvalue weighted by molar-refractivity contribution is 0.251. The molecule has 0 bridgehead atoms. The predicted molar refractivity (Wildman–Crippen MR) is 58.9 cm³/mol. The Bertz CT molecular complexity index is 317. The van der Waals surface area contributed by atoms with Crippen molar-refractivity contribution < 1.29 is 0 Å². The van der Waals surface area contributed by atoms with Crippen LogP contribution in [0.4, 0.5) is 0 Å². The summed E-state index contributed by atoms with van der Waals surface area (Å²) in [5, 5.41) is 8.52. The van der Waals surface area contributed by atoms with E-state index >= 15 is 0 Å². The third-order valence-electron chi connectivity index (χ3n) is 2.36. The number of nitrogens with zero attached hydrogens (tertiary/aromatic N) is 3. The van der Waals surface area contributed by atoms with E-state index in [1.165, 1.54) is 0 Å². The molecule has 2 N–H and O–H groups in total. The molecule has 0 aromatic carbocycles. The van der Waals surface area contributed by atoms with Crippen LogP contribution in [0.25, 0.3) is 0 Å². The Balaban J connectivity index is 2.68. The summed E-state index contributed by atoms with van der Waals surface area (Å²) in [4.78, 5) is 6.34. The van der Waals surface area contributed by atoms with Gasteiger partial charge in [-0.2, -0.15) is 5.26 Å². The summed E-state index contributed by atoms with van der Waals surface area (Å²) in [5.41, 5.74) is 6.67. The van der Waals surface area contributed by atoms with Gasteiger partial charge in [-0.1, -0.05) is 6.07 Å². The molecule has 0 amide bonds. The van der Waals surface area contributed by atoms with Crippen LogP contribution in [0.1, 0.15) is 18.2 Å². The molecule has 0 spiro atoms. The molecule has 80 valence electrons. The van der Waals surface area contributed by atoms with Crippen molar-refractivity contribution in [3.8, 4) is 6.07 Å². The first-order valence-electron chi connectivity index (χ1n) is 4.97. The molecule has 1 aromatic heterocycles. The highest BCUT2D eigenvalue weighted by molar-refractivity contribution is 5.09. The summed E-state index contributed by atoms with van der Waals surface area (Å²) < 4.78 is 0. The summed E-state index contributed by atoms with van der Waals surface area (Å²) in [5.74, 6) is 0. The van der Waals surface area contributed by atoms with Crippen molar-refractivity contribution in [2.45, 2.75) is 12.5 Å². The maximum absolute atomic E-state index is 8.52. The zero-order valence-electron chi connectivity index (χ0n) is 8.93. The van der Waals surface area contributed by atoms with Gasteiger partial charge in [0.2, 0.25) is 0 Å². The molecule has 0 aliphatic heterocycles. The van der Waals surface area contributed by atoms with E-state index in [0.717, 1.165) is 12.2 Å². The molecule has 4 heteroatoms. The van der Waals surface area contributed by atoms with Crippen molar-refractivity contribution in [2.24, 2.45) is 5.73 Å². The number of likely N-dealkylation sites (N-methyl/N-ethyl adjacent to an activating group) is 1. The maximum atomic E-state index is 8.52. The van der Waals surface area contributed by atoms with Crippen molar-refractivity contribution in [1.82, 2.24) is 9.88 Å². The van der Waals surface area contributed by atoms with Crippen LogP contribution in [-0.4, -0.2) is 30.0 Å². The van der Waals surface area contributed by atoms with Crippen molar-refractivity contribution in [3.05, 3.63) is 30.1 Å². The van der Waals surface area contributed by atoms with Crippen LogP contribution in [0, 0.1) is 11.3 Å². The van der Waals surface area contributed by atoms with Crippen LogP contribution in [-0.2, 0) is 0 Å². The fraction of sp³-hybridized carbons (Fsp3) is 0.455. The van der Waals surface area contributed by atoms with Gasteiger partial charge in [-0.3, -0.25) is 9.88 Å². The van der Waals surface area contributed by atoms with Gasteiger partial charge in [0.05, 0.1) is 17.8 Å². The van der Waals surface area contributed by atoms with Gasteiger partial charge in [0, 0.05) is 25.7 Å². The molecule has 15 heavy (non-hydrogen) atoms. The zero-order valence-corrected chi connectivity index (χ0v) is 8.93. The zero-order chi connectivity index (χ0) is 11.1. The number of nitrogens with two attached hydrogens (primary N) is 1. The Labute approximate surface area is 90.3 Å². The van der Waals surface area contributed by atoms with E-state index in [9.17, 15) is 0 Å². The van der Waals surface area contributed by atoms with Gasteiger partial charge in [0.1, 0.15) is 0 Å². The van der Waals surface area contributed by atoms with E-state index in [1.807, 2.05) is 25.2 Å². The molecule has 1 atom stereocenters. The van der Waals surface area contributed by atoms with Gasteiger partial charge >= 0.3 is 0 Å². The van der Waals surface area contributed by atoms with Crippen molar-refractivity contribution in [1.29, 1.82) is 5.26 Å². The third-order valence-corrected chi connectivity index (χ3v) is 2.36. The van der Waals surface area contributed by atoms with Gasteiger partial charge in [-0.05, 0) is 19.2 Å². The Morgan fingerprint density at radius 1 is 1.60 bits per heavy atom. The van der Waals surface area contributed by atoms with Gasteiger partial charge < -0.3 is 5.73 Å². The fourth-order valence-electron chi connectivity index (χ4n) is 1.48. The summed E-state index contributed by atoms with van der Waals surface area (Å²) in [7, 11) is 1.96. The average Bonchev–Trinajstić information content (AvgIpc) is 2.29. The summed E-state index contributed by atoms with van der Waals surface area (Å²) in [6, 6.07) is 8.01. The van der Waals surface area contributed by atoms with Crippen molar-refractivity contribution in [2.75, 3.05) is 20.1 Å². The number of hydrogen-bond acceptors (Lipinski definition) is 4. The van der Waals surface area contributed by atoms with E-state index in [0.29, 0.717) is 13.0 Å². The minimum absolute atomic E-state index is 0.0968. The molecular weight excluding hydrogens is 188 g/mol. The summed E-state index contributed by atoms with van der Waals surface area (Å²) in [6.45, 7) is 1.23. The van der Waals surface area contributed by atoms with Crippen molar-refractivity contribution >= 4 is 0 Å². The second kappa shape index (κ2) is 6.12. The highest BCUT2D eigenvalue weighted by atomic mass is 15.1. The second-order valence-electron chi connectivity index (χ2n) is 3.39. The number of hydrogen-bond donors (Lipinski definition) is 1. The summed E-state index contributed by atoms with van der Waals surface area (Å²) in [6.07, 6.45) is 2.27. The lowest BCUT2D eigenvalue weighted by Gasteiger charge is -2.25. The molecule has 1 aromatic rings. The highest BCUT2D eigenvalue weighted by Crippen LogP contribution is 2.15. The number of pyridine rings is 1. The van der Waals surface area contributed by atoms with Gasteiger partial charge in [0.25, 0.3) is 0 Å². The smallest absolute Gasteiger partial charge is 0.0642 e. The van der Waals surface area contributed by atoms with Crippen LogP contribution in [0.15, 0.2) is 24.4 Å². The van der Waals surface area contributed by atoms with Gasteiger partial charge in [-0.25, -0.2) is 0 Å². The van der Waals surface area contributed by atoms with Crippen LogP contribution in [0.5, 0.6) is 0 Å². The molecule has 1 rings (SSSR count). The van der Waals surface area contributed by atoms with E-state index in [-0.39, 0.29) is 6.04 Å². The number of aromatic nitrogens is 1. The van der Waals surface area contributed by atoms with E-state index < -0.39 is 0 Å². The SMILES string of the molecule is CN(CCC#N)C(CN)c1ccccn1. The number of rotatable bonds is 5. The first-order chi connectivity index (χ1) is 7.29. The van der Waals surface area contributed by atoms with Crippen LogP contribution >= 0.6 is 0 Å². The standard InChI is InChI=1S/C11H16N4/c1-15(8-4-6-12)11(9-13)10-5-2-3-7-14-10/h2-3,5,7,11H,4,8-9,13H2,1H3.